The summed E-state index contributed by atoms with van der Waals surface area (Å²) >= 11 is 0. The third-order valence-electron chi connectivity index (χ3n) is 3.51. The molecule has 0 atom stereocenters. The summed E-state index contributed by atoms with van der Waals surface area (Å²) in [7, 11) is 0. The van der Waals surface area contributed by atoms with Crippen molar-refractivity contribution in [3.05, 3.63) is 70.5 Å². The lowest BCUT2D eigenvalue weighted by Crippen LogP contribution is -2.23. The zero-order valence-electron chi connectivity index (χ0n) is 13.6. The van der Waals surface area contributed by atoms with Crippen LogP contribution in [-0.2, 0) is 0 Å². The van der Waals surface area contributed by atoms with E-state index in [0.717, 1.165) is 22.6 Å². The molecule has 0 radical (unpaired) electrons. The van der Waals surface area contributed by atoms with Gasteiger partial charge in [-0.15, -0.1) is 0 Å². The lowest BCUT2D eigenvalue weighted by Gasteiger charge is -2.06. The van der Waals surface area contributed by atoms with Gasteiger partial charge in [0.05, 0.1) is 12.6 Å². The Morgan fingerprint density at radius 1 is 1.12 bits per heavy atom. The highest BCUT2D eigenvalue weighted by atomic mass is 16.6. The van der Waals surface area contributed by atoms with E-state index in [1.165, 1.54) is 6.07 Å². The number of carbonyl (C=O) groups is 1. The van der Waals surface area contributed by atoms with Crippen molar-refractivity contribution in [3.8, 4) is 17.6 Å². The third kappa shape index (κ3) is 3.99. The van der Waals surface area contributed by atoms with E-state index in [1.807, 2.05) is 42.5 Å². The van der Waals surface area contributed by atoms with Crippen LogP contribution in [0.5, 0.6) is 5.75 Å². The highest BCUT2D eigenvalue weighted by Crippen LogP contribution is 2.24. The van der Waals surface area contributed by atoms with Crippen molar-refractivity contribution < 1.29 is 18.9 Å². The van der Waals surface area contributed by atoms with Crippen molar-refractivity contribution in [1.29, 1.82) is 0 Å². The zero-order valence-corrected chi connectivity index (χ0v) is 13.6. The van der Waals surface area contributed by atoms with Crippen LogP contribution in [-0.4, -0.2) is 24.0 Å². The molecule has 0 aliphatic heterocycles. The molecule has 0 bridgehead atoms. The first-order valence-corrected chi connectivity index (χ1v) is 7.74. The Kier molecular flexibility index (Phi) is 5.15. The van der Waals surface area contributed by atoms with Crippen LogP contribution in [0.4, 0.5) is 5.88 Å². The van der Waals surface area contributed by atoms with E-state index in [1.54, 1.807) is 0 Å². The molecule has 130 valence electrons. The van der Waals surface area contributed by atoms with Crippen LogP contribution in [0.1, 0.15) is 10.6 Å². The first-order chi connectivity index (χ1) is 12.6. The van der Waals surface area contributed by atoms with Crippen molar-refractivity contribution in [1.82, 2.24) is 5.32 Å². The van der Waals surface area contributed by atoms with Crippen molar-refractivity contribution in [2.24, 2.45) is 0 Å². The average molecular weight is 350 g/mol. The first-order valence-electron chi connectivity index (χ1n) is 7.74. The number of nitrogens with zero attached hydrogens (tertiary/aromatic N) is 1. The minimum Gasteiger partial charge on any atom is -0.480 e. The number of ether oxygens (including phenoxy) is 1. The highest BCUT2D eigenvalue weighted by Gasteiger charge is 2.16. The van der Waals surface area contributed by atoms with Gasteiger partial charge in [-0.3, -0.25) is 14.9 Å². The SMILES string of the molecule is O=C(NCC#CCOc1cccc2ccccc12)c1ccc([N+](=O)[O-])o1. The number of furan rings is 1. The van der Waals surface area contributed by atoms with Crippen LogP contribution >= 0.6 is 0 Å². The summed E-state index contributed by atoms with van der Waals surface area (Å²) in [6, 6.07) is 16.0. The number of hydrogen-bond acceptors (Lipinski definition) is 5. The van der Waals surface area contributed by atoms with Crippen LogP contribution in [0.25, 0.3) is 10.8 Å². The summed E-state index contributed by atoms with van der Waals surface area (Å²) in [5.41, 5.74) is 0. The Bertz CT molecular complexity index is 1010. The third-order valence-corrected chi connectivity index (χ3v) is 3.51. The van der Waals surface area contributed by atoms with Crippen molar-refractivity contribution >= 4 is 22.6 Å². The van der Waals surface area contributed by atoms with E-state index < -0.39 is 16.7 Å². The van der Waals surface area contributed by atoms with Gasteiger partial charge < -0.3 is 14.5 Å². The predicted octanol–water partition coefficient (Wildman–Crippen LogP) is 3.15. The van der Waals surface area contributed by atoms with E-state index in [0.29, 0.717) is 0 Å². The van der Waals surface area contributed by atoms with Crippen molar-refractivity contribution in [2.75, 3.05) is 13.2 Å². The lowest BCUT2D eigenvalue weighted by molar-refractivity contribution is -0.402. The van der Waals surface area contributed by atoms with Gasteiger partial charge in [-0.05, 0) is 17.5 Å². The summed E-state index contributed by atoms with van der Waals surface area (Å²) in [6.07, 6.45) is 0. The lowest BCUT2D eigenvalue weighted by atomic mass is 10.1. The van der Waals surface area contributed by atoms with Crippen LogP contribution in [0.3, 0.4) is 0 Å². The second-order valence-electron chi connectivity index (χ2n) is 5.20. The van der Waals surface area contributed by atoms with Crippen LogP contribution in [0, 0.1) is 22.0 Å². The first kappa shape index (κ1) is 17.0. The highest BCUT2D eigenvalue weighted by molar-refractivity contribution is 5.91. The quantitative estimate of drug-likeness (QED) is 0.433. The number of benzene rings is 2. The molecule has 0 spiro atoms. The monoisotopic (exact) mass is 350 g/mol. The van der Waals surface area contributed by atoms with Gasteiger partial charge in [0.15, 0.2) is 5.76 Å². The standard InChI is InChI=1S/C19H14N2O5/c22-19(17-10-11-18(26-17)21(23)24)20-12-3-4-13-25-16-9-5-7-14-6-1-2-8-15(14)16/h1-2,5-11H,12-13H2,(H,20,22). The second-order valence-corrected chi connectivity index (χ2v) is 5.20. The molecule has 3 rings (SSSR count). The Balaban J connectivity index is 1.49. The molecule has 0 fully saturated rings. The van der Waals surface area contributed by atoms with Crippen LogP contribution < -0.4 is 10.1 Å². The van der Waals surface area contributed by atoms with Gasteiger partial charge in [0, 0.05) is 5.39 Å². The molecule has 0 unspecified atom stereocenters. The number of carbonyl (C=O) groups excluding carboxylic acids is 1. The maximum absolute atomic E-state index is 11.8. The molecular weight excluding hydrogens is 336 g/mol. The molecule has 7 nitrogen and oxygen atoms in total. The minimum atomic E-state index is -0.707. The number of fused-ring (bicyclic) bond motifs is 1. The molecule has 1 N–H and O–H groups in total. The molecule has 0 saturated carbocycles. The molecule has 0 saturated heterocycles. The molecule has 2 aromatic carbocycles. The molecule has 0 aliphatic rings. The Morgan fingerprint density at radius 2 is 1.92 bits per heavy atom. The van der Waals surface area contributed by atoms with Crippen molar-refractivity contribution in [2.45, 2.75) is 0 Å². The molecular formula is C19H14N2O5. The molecule has 7 heteroatoms. The van der Waals surface area contributed by atoms with Gasteiger partial charge in [-0.2, -0.15) is 0 Å². The normalized spacial score (nSPS) is 10.0. The second kappa shape index (κ2) is 7.85. The van der Waals surface area contributed by atoms with Gasteiger partial charge in [0.25, 0.3) is 5.91 Å². The van der Waals surface area contributed by atoms with Gasteiger partial charge in [0.1, 0.15) is 17.3 Å². The maximum atomic E-state index is 11.8. The molecule has 3 aromatic rings. The van der Waals surface area contributed by atoms with Crippen molar-refractivity contribution in [3.63, 3.8) is 0 Å². The van der Waals surface area contributed by atoms with Gasteiger partial charge in [0.2, 0.25) is 0 Å². The summed E-state index contributed by atoms with van der Waals surface area (Å²) in [5.74, 6) is 5.11. The van der Waals surface area contributed by atoms with Crippen LogP contribution in [0.15, 0.2) is 59.0 Å². The summed E-state index contributed by atoms with van der Waals surface area (Å²) in [5, 5.41) is 15.1. The fourth-order valence-electron chi connectivity index (χ4n) is 2.31. The average Bonchev–Trinajstić information content (AvgIpc) is 3.15. The van der Waals surface area contributed by atoms with E-state index in [2.05, 4.69) is 17.2 Å². The fourth-order valence-corrected chi connectivity index (χ4v) is 2.31. The topological polar surface area (TPSA) is 94.6 Å². The van der Waals surface area contributed by atoms with E-state index in [9.17, 15) is 14.9 Å². The number of amides is 1. The number of nitro groups is 1. The zero-order chi connectivity index (χ0) is 18.4. The summed E-state index contributed by atoms with van der Waals surface area (Å²) in [4.78, 5) is 21.6. The molecule has 1 amide bonds. The smallest absolute Gasteiger partial charge is 0.433 e. The Hall–Kier alpha value is -3.79. The summed E-state index contributed by atoms with van der Waals surface area (Å²) < 4.78 is 10.5. The number of rotatable bonds is 5. The number of hydrogen-bond donors (Lipinski definition) is 1. The van der Waals surface area contributed by atoms with Crippen LogP contribution in [0.2, 0.25) is 0 Å². The summed E-state index contributed by atoms with van der Waals surface area (Å²) in [6.45, 7) is 0.252. The van der Waals surface area contributed by atoms with E-state index in [-0.39, 0.29) is 18.9 Å². The molecule has 1 heterocycles. The van der Waals surface area contributed by atoms with Gasteiger partial charge in [-0.1, -0.05) is 48.2 Å². The predicted molar refractivity (Wildman–Crippen MR) is 94.9 cm³/mol. The largest absolute Gasteiger partial charge is 0.480 e. The molecule has 26 heavy (non-hydrogen) atoms. The Morgan fingerprint density at radius 3 is 2.73 bits per heavy atom. The molecule has 0 aliphatic carbocycles. The van der Waals surface area contributed by atoms with Gasteiger partial charge >= 0.3 is 5.88 Å². The Labute approximate surface area is 148 Å². The molecule has 1 aromatic heterocycles. The number of nitrogens with one attached hydrogen (secondary N) is 1. The maximum Gasteiger partial charge on any atom is 0.433 e. The minimum absolute atomic E-state index is 0.0756. The van der Waals surface area contributed by atoms with E-state index >= 15 is 0 Å². The van der Waals surface area contributed by atoms with Gasteiger partial charge in [-0.25, -0.2) is 0 Å². The van der Waals surface area contributed by atoms with E-state index in [4.69, 9.17) is 9.15 Å². The fraction of sp³-hybridized carbons (Fsp3) is 0.105.